The number of aliphatic carboxylic acids is 1. The average molecular weight is 158 g/mol. The minimum Gasteiger partial charge on any atom is -0.481 e. The fourth-order valence-corrected chi connectivity index (χ4v) is 1.75. The van der Waals surface area contributed by atoms with E-state index in [1.165, 1.54) is 0 Å². The van der Waals surface area contributed by atoms with Crippen LogP contribution >= 0.6 is 0 Å². The van der Waals surface area contributed by atoms with Gasteiger partial charge >= 0.3 is 5.97 Å². The first-order valence-electron chi connectivity index (χ1n) is 4.09. The molecule has 0 radical (unpaired) electrons. The molecule has 3 heteroatoms. The zero-order chi connectivity index (χ0) is 8.27. The first-order chi connectivity index (χ1) is 5.25. The zero-order valence-corrected chi connectivity index (χ0v) is 6.49. The largest absolute Gasteiger partial charge is 0.481 e. The fraction of sp³-hybridized carbons (Fsp3) is 0.875. The number of carbonyl (C=O) groups is 1. The number of carboxylic acid groups (broad SMARTS) is 1. The molecule has 1 aliphatic carbocycles. The lowest BCUT2D eigenvalue weighted by atomic mass is 9.80. The van der Waals surface area contributed by atoms with Crippen LogP contribution in [0.1, 0.15) is 25.7 Å². The highest BCUT2D eigenvalue weighted by Gasteiger charge is 2.29. The smallest absolute Gasteiger partial charge is 0.306 e. The van der Waals surface area contributed by atoms with Crippen LogP contribution in [0.5, 0.6) is 0 Å². The summed E-state index contributed by atoms with van der Waals surface area (Å²) in [7, 11) is 0. The molecule has 2 N–H and O–H groups in total. The van der Waals surface area contributed by atoms with Crippen molar-refractivity contribution in [3.63, 3.8) is 0 Å². The lowest BCUT2D eigenvalue weighted by Gasteiger charge is -2.26. The molecule has 1 aliphatic rings. The summed E-state index contributed by atoms with van der Waals surface area (Å²) >= 11 is 0. The van der Waals surface area contributed by atoms with Gasteiger partial charge in [0.1, 0.15) is 0 Å². The van der Waals surface area contributed by atoms with Crippen molar-refractivity contribution in [1.29, 1.82) is 0 Å². The lowest BCUT2D eigenvalue weighted by molar-refractivity contribution is -0.145. The second-order valence-electron chi connectivity index (χ2n) is 3.17. The van der Waals surface area contributed by atoms with Crippen molar-refractivity contribution in [1.82, 2.24) is 0 Å². The maximum absolute atomic E-state index is 10.6. The Kier molecular flexibility index (Phi) is 2.88. The number of rotatable bonds is 2. The number of aliphatic hydroxyl groups is 1. The van der Waals surface area contributed by atoms with Crippen molar-refractivity contribution in [3.05, 3.63) is 0 Å². The molecule has 11 heavy (non-hydrogen) atoms. The maximum Gasteiger partial charge on any atom is 0.306 e. The maximum atomic E-state index is 10.6. The molecule has 0 aromatic heterocycles. The first kappa shape index (κ1) is 8.53. The van der Waals surface area contributed by atoms with Gasteiger partial charge in [0.15, 0.2) is 0 Å². The molecule has 0 heterocycles. The molecular weight excluding hydrogens is 144 g/mol. The van der Waals surface area contributed by atoms with Gasteiger partial charge in [-0.3, -0.25) is 4.79 Å². The topological polar surface area (TPSA) is 57.5 Å². The van der Waals surface area contributed by atoms with Crippen LogP contribution in [0.25, 0.3) is 0 Å². The highest BCUT2D eigenvalue weighted by Crippen LogP contribution is 2.29. The minimum absolute atomic E-state index is 0.00116. The van der Waals surface area contributed by atoms with Gasteiger partial charge in [-0.25, -0.2) is 0 Å². The molecule has 2 atom stereocenters. The van der Waals surface area contributed by atoms with Gasteiger partial charge in [-0.1, -0.05) is 12.8 Å². The molecular formula is C8H14O3. The van der Waals surface area contributed by atoms with Crippen molar-refractivity contribution < 1.29 is 15.0 Å². The molecule has 1 fully saturated rings. The standard InChI is InChI=1S/C8H14O3/c9-5-6-3-1-2-4-7(6)8(10)11/h6-7,9H,1-5H2,(H,10,11)/t6-,7+/m1/s1. The van der Waals surface area contributed by atoms with Crippen LogP contribution in [0.3, 0.4) is 0 Å². The average Bonchev–Trinajstić information content (AvgIpc) is 2.04. The normalized spacial score (nSPS) is 31.7. The molecule has 64 valence electrons. The molecule has 1 rings (SSSR count). The second kappa shape index (κ2) is 3.72. The monoisotopic (exact) mass is 158 g/mol. The Labute approximate surface area is 66.0 Å². The Balaban J connectivity index is 2.51. The van der Waals surface area contributed by atoms with E-state index in [4.69, 9.17) is 10.2 Å². The summed E-state index contributed by atoms with van der Waals surface area (Å²) < 4.78 is 0. The van der Waals surface area contributed by atoms with E-state index in [1.807, 2.05) is 0 Å². The third-order valence-corrected chi connectivity index (χ3v) is 2.46. The Morgan fingerprint density at radius 2 is 2.00 bits per heavy atom. The van der Waals surface area contributed by atoms with Crippen LogP contribution in [0.4, 0.5) is 0 Å². The van der Waals surface area contributed by atoms with Gasteiger partial charge in [0.05, 0.1) is 5.92 Å². The van der Waals surface area contributed by atoms with Gasteiger partial charge in [0, 0.05) is 6.61 Å². The highest BCUT2D eigenvalue weighted by molar-refractivity contribution is 5.70. The van der Waals surface area contributed by atoms with Gasteiger partial charge in [-0.2, -0.15) is 0 Å². The summed E-state index contributed by atoms with van der Waals surface area (Å²) in [4.78, 5) is 10.6. The molecule has 0 aliphatic heterocycles. The Morgan fingerprint density at radius 3 is 2.45 bits per heavy atom. The highest BCUT2D eigenvalue weighted by atomic mass is 16.4. The summed E-state index contributed by atoms with van der Waals surface area (Å²) in [5, 5.41) is 17.6. The molecule has 1 saturated carbocycles. The van der Waals surface area contributed by atoms with Crippen LogP contribution < -0.4 is 0 Å². The SMILES string of the molecule is O=C(O)[C@H]1CCCC[C@@H]1CO. The van der Waals surface area contributed by atoms with E-state index in [9.17, 15) is 4.79 Å². The summed E-state index contributed by atoms with van der Waals surface area (Å²) in [5.41, 5.74) is 0. The van der Waals surface area contributed by atoms with E-state index in [1.54, 1.807) is 0 Å². The lowest BCUT2D eigenvalue weighted by Crippen LogP contribution is -2.29. The van der Waals surface area contributed by atoms with Crippen LogP contribution in [-0.2, 0) is 4.79 Å². The van der Waals surface area contributed by atoms with Gasteiger partial charge in [-0.05, 0) is 18.8 Å². The number of hydrogen-bond acceptors (Lipinski definition) is 2. The second-order valence-corrected chi connectivity index (χ2v) is 3.17. The van der Waals surface area contributed by atoms with Gasteiger partial charge in [0.2, 0.25) is 0 Å². The minimum atomic E-state index is -0.747. The van der Waals surface area contributed by atoms with E-state index >= 15 is 0 Å². The number of carboxylic acids is 1. The zero-order valence-electron chi connectivity index (χ0n) is 6.49. The van der Waals surface area contributed by atoms with Crippen molar-refractivity contribution in [3.8, 4) is 0 Å². The van der Waals surface area contributed by atoms with E-state index in [-0.39, 0.29) is 18.4 Å². The van der Waals surface area contributed by atoms with Crippen LogP contribution in [0, 0.1) is 11.8 Å². The predicted octanol–water partition coefficient (Wildman–Crippen LogP) is 0.870. The summed E-state index contributed by atoms with van der Waals surface area (Å²) in [5.74, 6) is -1.04. The molecule has 3 nitrogen and oxygen atoms in total. The Morgan fingerprint density at radius 1 is 1.36 bits per heavy atom. The first-order valence-corrected chi connectivity index (χ1v) is 4.09. The molecule has 0 unspecified atom stereocenters. The van der Waals surface area contributed by atoms with Gasteiger partial charge < -0.3 is 10.2 Å². The van der Waals surface area contributed by atoms with Crippen molar-refractivity contribution in [2.75, 3.05) is 6.61 Å². The molecule has 0 amide bonds. The molecule has 0 saturated heterocycles. The van der Waals surface area contributed by atoms with Crippen LogP contribution in [0.15, 0.2) is 0 Å². The number of hydrogen-bond donors (Lipinski definition) is 2. The fourth-order valence-electron chi connectivity index (χ4n) is 1.75. The van der Waals surface area contributed by atoms with Gasteiger partial charge in [0.25, 0.3) is 0 Å². The Bertz CT molecular complexity index is 144. The summed E-state index contributed by atoms with van der Waals surface area (Å²) in [6, 6.07) is 0. The van der Waals surface area contributed by atoms with Crippen molar-refractivity contribution >= 4 is 5.97 Å². The third-order valence-electron chi connectivity index (χ3n) is 2.46. The van der Waals surface area contributed by atoms with Crippen LogP contribution in [-0.4, -0.2) is 22.8 Å². The summed E-state index contributed by atoms with van der Waals surface area (Å²) in [6.45, 7) is 0.0248. The van der Waals surface area contributed by atoms with E-state index in [0.29, 0.717) is 0 Å². The van der Waals surface area contributed by atoms with Crippen molar-refractivity contribution in [2.45, 2.75) is 25.7 Å². The predicted molar refractivity (Wildman–Crippen MR) is 40.2 cm³/mol. The molecule has 0 aromatic carbocycles. The number of aliphatic hydroxyl groups excluding tert-OH is 1. The van der Waals surface area contributed by atoms with E-state index in [2.05, 4.69) is 0 Å². The quantitative estimate of drug-likeness (QED) is 0.627. The molecule has 0 spiro atoms. The summed E-state index contributed by atoms with van der Waals surface area (Å²) in [6.07, 6.45) is 3.66. The Hall–Kier alpha value is -0.570. The van der Waals surface area contributed by atoms with Gasteiger partial charge in [-0.15, -0.1) is 0 Å². The van der Waals surface area contributed by atoms with E-state index in [0.717, 1.165) is 25.7 Å². The third kappa shape index (κ3) is 1.93. The molecule has 0 bridgehead atoms. The van der Waals surface area contributed by atoms with E-state index < -0.39 is 5.97 Å². The van der Waals surface area contributed by atoms with Crippen LogP contribution in [0.2, 0.25) is 0 Å². The molecule has 0 aromatic rings. The van der Waals surface area contributed by atoms with Crippen molar-refractivity contribution in [2.24, 2.45) is 11.8 Å².